The first-order valence-electron chi connectivity index (χ1n) is 5.11. The summed E-state index contributed by atoms with van der Waals surface area (Å²) in [5, 5.41) is 4.38. The van der Waals surface area contributed by atoms with Crippen molar-refractivity contribution in [1.82, 2.24) is 14.6 Å². The second-order valence-electron chi connectivity index (χ2n) is 3.67. The van der Waals surface area contributed by atoms with E-state index in [9.17, 15) is 0 Å². The highest BCUT2D eigenvalue weighted by atomic mass is 79.9. The van der Waals surface area contributed by atoms with E-state index in [1.165, 1.54) is 0 Å². The Labute approximate surface area is 106 Å². The van der Waals surface area contributed by atoms with Crippen molar-refractivity contribution >= 4 is 27.3 Å². The summed E-state index contributed by atoms with van der Waals surface area (Å²) in [4.78, 5) is 4.42. The fraction of sp³-hybridized carbons (Fsp3) is 0. The van der Waals surface area contributed by atoms with E-state index in [4.69, 9.17) is 5.73 Å². The van der Waals surface area contributed by atoms with Crippen molar-refractivity contribution in [2.75, 3.05) is 5.73 Å². The molecule has 0 saturated heterocycles. The smallest absolute Gasteiger partial charge is 0.182 e. The summed E-state index contributed by atoms with van der Waals surface area (Å²) in [7, 11) is 0. The van der Waals surface area contributed by atoms with Crippen LogP contribution in [0.25, 0.3) is 17.0 Å². The van der Waals surface area contributed by atoms with Gasteiger partial charge in [-0.1, -0.05) is 28.1 Å². The van der Waals surface area contributed by atoms with Crippen molar-refractivity contribution in [3.05, 3.63) is 47.1 Å². The van der Waals surface area contributed by atoms with E-state index in [2.05, 4.69) is 26.0 Å². The third-order valence-electron chi connectivity index (χ3n) is 2.49. The molecule has 0 aliphatic carbocycles. The van der Waals surface area contributed by atoms with Crippen LogP contribution in [0.3, 0.4) is 0 Å². The van der Waals surface area contributed by atoms with Gasteiger partial charge >= 0.3 is 0 Å². The summed E-state index contributed by atoms with van der Waals surface area (Å²) >= 11 is 3.40. The summed E-state index contributed by atoms with van der Waals surface area (Å²) in [6.07, 6.45) is 1.83. The Kier molecular flexibility index (Phi) is 2.33. The molecule has 0 atom stereocenters. The number of fused-ring (bicyclic) bond motifs is 1. The highest BCUT2D eigenvalue weighted by Crippen LogP contribution is 2.20. The Morgan fingerprint density at radius 3 is 2.59 bits per heavy atom. The van der Waals surface area contributed by atoms with Crippen molar-refractivity contribution < 1.29 is 0 Å². The second-order valence-corrected chi connectivity index (χ2v) is 4.59. The lowest BCUT2D eigenvalue weighted by atomic mass is 10.2. The Morgan fingerprint density at radius 1 is 1.12 bits per heavy atom. The van der Waals surface area contributed by atoms with Crippen LogP contribution in [0.15, 0.2) is 47.1 Å². The van der Waals surface area contributed by atoms with Crippen LogP contribution in [-0.2, 0) is 0 Å². The number of nitrogens with zero attached hydrogens (tertiary/aromatic N) is 3. The van der Waals surface area contributed by atoms with Gasteiger partial charge in [-0.25, -0.2) is 9.50 Å². The molecule has 0 unspecified atom stereocenters. The number of hydrogen-bond donors (Lipinski definition) is 1. The minimum atomic E-state index is 0.628. The predicted octanol–water partition coefficient (Wildman–Crippen LogP) is 2.74. The van der Waals surface area contributed by atoms with Gasteiger partial charge in [0, 0.05) is 16.2 Å². The van der Waals surface area contributed by atoms with E-state index in [0.29, 0.717) is 17.2 Å². The molecule has 17 heavy (non-hydrogen) atoms. The minimum Gasteiger partial charge on any atom is -0.396 e. The molecule has 0 fully saturated rings. The van der Waals surface area contributed by atoms with Crippen LogP contribution in [0.2, 0.25) is 0 Å². The first-order valence-corrected chi connectivity index (χ1v) is 5.90. The zero-order valence-corrected chi connectivity index (χ0v) is 10.4. The summed E-state index contributed by atoms with van der Waals surface area (Å²) < 4.78 is 2.72. The largest absolute Gasteiger partial charge is 0.396 e. The van der Waals surface area contributed by atoms with Crippen LogP contribution in [0.4, 0.5) is 5.69 Å². The summed E-state index contributed by atoms with van der Waals surface area (Å²) in [6, 6.07) is 11.5. The standard InChI is InChI=1S/C12H9BrN4/c13-9-5-3-8(4-6-9)11-15-12-10(14)2-1-7-17(12)16-11/h1-7H,14H2. The van der Waals surface area contributed by atoms with E-state index in [1.54, 1.807) is 4.52 Å². The zero-order chi connectivity index (χ0) is 11.8. The molecule has 0 saturated carbocycles. The van der Waals surface area contributed by atoms with E-state index < -0.39 is 0 Å². The van der Waals surface area contributed by atoms with Gasteiger partial charge in [0.15, 0.2) is 11.5 Å². The summed E-state index contributed by atoms with van der Waals surface area (Å²) in [5.74, 6) is 0.676. The lowest BCUT2D eigenvalue weighted by Gasteiger charge is -1.93. The SMILES string of the molecule is Nc1cccn2nc(-c3ccc(Br)cc3)nc12. The molecule has 2 N–H and O–H groups in total. The molecular weight excluding hydrogens is 280 g/mol. The average Bonchev–Trinajstić information content (AvgIpc) is 2.75. The molecule has 0 aliphatic heterocycles. The fourth-order valence-electron chi connectivity index (χ4n) is 1.65. The molecule has 0 bridgehead atoms. The van der Waals surface area contributed by atoms with Crippen molar-refractivity contribution in [1.29, 1.82) is 0 Å². The van der Waals surface area contributed by atoms with E-state index >= 15 is 0 Å². The monoisotopic (exact) mass is 288 g/mol. The van der Waals surface area contributed by atoms with Crippen LogP contribution in [0, 0.1) is 0 Å². The van der Waals surface area contributed by atoms with Gasteiger partial charge in [0.1, 0.15) is 0 Å². The number of aromatic nitrogens is 3. The number of anilines is 1. The van der Waals surface area contributed by atoms with Gasteiger partial charge in [0.05, 0.1) is 5.69 Å². The molecule has 0 spiro atoms. The summed E-state index contributed by atoms with van der Waals surface area (Å²) in [5.41, 5.74) is 8.12. The Morgan fingerprint density at radius 2 is 1.88 bits per heavy atom. The van der Waals surface area contributed by atoms with Crippen molar-refractivity contribution in [3.8, 4) is 11.4 Å². The first-order chi connectivity index (χ1) is 8.24. The molecule has 0 aliphatic rings. The first kappa shape index (κ1) is 10.3. The van der Waals surface area contributed by atoms with Crippen LogP contribution < -0.4 is 5.73 Å². The van der Waals surface area contributed by atoms with Crippen LogP contribution in [-0.4, -0.2) is 14.6 Å². The van der Waals surface area contributed by atoms with Crippen LogP contribution >= 0.6 is 15.9 Å². The van der Waals surface area contributed by atoms with Crippen molar-refractivity contribution in [2.24, 2.45) is 0 Å². The molecule has 84 valence electrons. The number of hydrogen-bond acceptors (Lipinski definition) is 3. The molecule has 5 heteroatoms. The zero-order valence-electron chi connectivity index (χ0n) is 8.84. The molecular formula is C12H9BrN4. The summed E-state index contributed by atoms with van der Waals surface area (Å²) in [6.45, 7) is 0. The fourth-order valence-corrected chi connectivity index (χ4v) is 1.91. The van der Waals surface area contributed by atoms with Gasteiger partial charge in [-0.05, 0) is 24.3 Å². The number of halogens is 1. The van der Waals surface area contributed by atoms with Gasteiger partial charge < -0.3 is 5.73 Å². The average molecular weight is 289 g/mol. The van der Waals surface area contributed by atoms with Crippen molar-refractivity contribution in [3.63, 3.8) is 0 Å². The molecule has 1 aromatic carbocycles. The molecule has 2 heterocycles. The number of rotatable bonds is 1. The van der Waals surface area contributed by atoms with E-state index in [0.717, 1.165) is 10.0 Å². The van der Waals surface area contributed by atoms with E-state index in [1.807, 2.05) is 42.6 Å². The van der Waals surface area contributed by atoms with Crippen molar-refractivity contribution in [2.45, 2.75) is 0 Å². The van der Waals surface area contributed by atoms with Gasteiger partial charge in [0.2, 0.25) is 0 Å². The lowest BCUT2D eigenvalue weighted by Crippen LogP contribution is -1.92. The van der Waals surface area contributed by atoms with Gasteiger partial charge in [-0.15, -0.1) is 5.10 Å². The van der Waals surface area contributed by atoms with Gasteiger partial charge in [-0.3, -0.25) is 0 Å². The van der Waals surface area contributed by atoms with Crippen LogP contribution in [0.5, 0.6) is 0 Å². The molecule has 3 aromatic rings. The third-order valence-corrected chi connectivity index (χ3v) is 3.02. The highest BCUT2D eigenvalue weighted by molar-refractivity contribution is 9.10. The maximum absolute atomic E-state index is 5.84. The topological polar surface area (TPSA) is 56.2 Å². The Bertz CT molecular complexity index is 673. The second kappa shape index (κ2) is 3.85. The predicted molar refractivity (Wildman–Crippen MR) is 70.5 cm³/mol. The normalized spacial score (nSPS) is 10.9. The van der Waals surface area contributed by atoms with Gasteiger partial charge in [0.25, 0.3) is 0 Å². The quantitative estimate of drug-likeness (QED) is 0.749. The highest BCUT2D eigenvalue weighted by Gasteiger charge is 2.07. The van der Waals surface area contributed by atoms with Crippen LogP contribution in [0.1, 0.15) is 0 Å². The lowest BCUT2D eigenvalue weighted by molar-refractivity contribution is 0.967. The van der Waals surface area contributed by atoms with Gasteiger partial charge in [-0.2, -0.15) is 0 Å². The number of nitrogen functional groups attached to an aromatic ring is 1. The molecule has 3 rings (SSSR count). The number of benzene rings is 1. The molecule has 2 aromatic heterocycles. The number of pyridine rings is 1. The minimum absolute atomic E-state index is 0.628. The maximum Gasteiger partial charge on any atom is 0.182 e. The third kappa shape index (κ3) is 1.78. The molecule has 0 radical (unpaired) electrons. The number of nitrogens with two attached hydrogens (primary N) is 1. The van der Waals surface area contributed by atoms with E-state index in [-0.39, 0.29) is 0 Å². The molecule has 4 nitrogen and oxygen atoms in total. The Hall–Kier alpha value is -1.88. The maximum atomic E-state index is 5.84. The Balaban J connectivity index is 2.18. The molecule has 0 amide bonds.